The third kappa shape index (κ3) is 5.05. The minimum absolute atomic E-state index is 0.0222. The average molecular weight is 402 g/mol. The summed E-state index contributed by atoms with van der Waals surface area (Å²) in [5, 5.41) is 6.06. The summed E-state index contributed by atoms with van der Waals surface area (Å²) < 4.78 is 5.43. The maximum absolute atomic E-state index is 12.6. The Balaban J connectivity index is 1.37. The van der Waals surface area contributed by atoms with Crippen LogP contribution in [0.3, 0.4) is 0 Å². The van der Waals surface area contributed by atoms with Gasteiger partial charge in [0.1, 0.15) is 5.82 Å². The van der Waals surface area contributed by atoms with E-state index in [9.17, 15) is 9.59 Å². The second-order valence-electron chi connectivity index (χ2n) is 8.16. The molecule has 2 amide bonds. The second kappa shape index (κ2) is 9.54. The molecule has 29 heavy (non-hydrogen) atoms. The molecule has 0 aliphatic carbocycles. The van der Waals surface area contributed by atoms with Crippen molar-refractivity contribution < 1.29 is 14.3 Å². The smallest absolute Gasteiger partial charge is 0.252 e. The van der Waals surface area contributed by atoms with Crippen molar-refractivity contribution in [3.05, 3.63) is 17.8 Å². The number of anilines is 2. The van der Waals surface area contributed by atoms with Gasteiger partial charge in [0.05, 0.1) is 17.8 Å². The number of aromatic nitrogens is 1. The highest BCUT2D eigenvalue weighted by atomic mass is 16.5. The fourth-order valence-electron chi connectivity index (χ4n) is 4.31. The number of hydrogen-bond donors (Lipinski definition) is 2. The molecule has 8 nitrogen and oxygen atoms in total. The third-order valence-electron chi connectivity index (χ3n) is 6.05. The molecule has 2 N–H and O–H groups in total. The summed E-state index contributed by atoms with van der Waals surface area (Å²) in [7, 11) is 0. The summed E-state index contributed by atoms with van der Waals surface area (Å²) in [5.74, 6) is 0.976. The van der Waals surface area contributed by atoms with E-state index in [1.807, 2.05) is 0 Å². The van der Waals surface area contributed by atoms with Gasteiger partial charge in [0, 0.05) is 32.5 Å². The molecule has 1 aromatic heterocycles. The molecular weight excluding hydrogens is 370 g/mol. The maximum atomic E-state index is 12.6. The number of fused-ring (bicyclic) bond motifs is 1. The zero-order valence-electron chi connectivity index (χ0n) is 17.0. The van der Waals surface area contributed by atoms with Crippen LogP contribution in [-0.2, 0) is 9.53 Å². The Bertz CT molecular complexity index is 729. The Morgan fingerprint density at radius 3 is 2.86 bits per heavy atom. The van der Waals surface area contributed by atoms with E-state index in [2.05, 4.69) is 20.5 Å². The van der Waals surface area contributed by atoms with Crippen LogP contribution in [0.2, 0.25) is 0 Å². The summed E-state index contributed by atoms with van der Waals surface area (Å²) in [6, 6.07) is 1.79. The fourth-order valence-corrected chi connectivity index (χ4v) is 4.31. The van der Waals surface area contributed by atoms with Gasteiger partial charge in [0.15, 0.2) is 0 Å². The van der Waals surface area contributed by atoms with Crippen LogP contribution in [0.5, 0.6) is 0 Å². The first-order valence-corrected chi connectivity index (χ1v) is 10.8. The topological polar surface area (TPSA) is 86.8 Å². The van der Waals surface area contributed by atoms with Crippen LogP contribution in [-0.4, -0.2) is 74.2 Å². The van der Waals surface area contributed by atoms with Crippen molar-refractivity contribution in [2.24, 2.45) is 5.92 Å². The number of ether oxygens (including phenoxy) is 1. The minimum atomic E-state index is -0.134. The molecule has 8 heteroatoms. The number of nitrogens with zero attached hydrogens (tertiary/aromatic N) is 3. The molecule has 4 heterocycles. The molecule has 0 aromatic carbocycles. The van der Waals surface area contributed by atoms with E-state index in [-0.39, 0.29) is 18.4 Å². The molecule has 0 atom stereocenters. The summed E-state index contributed by atoms with van der Waals surface area (Å²) in [4.78, 5) is 33.8. The van der Waals surface area contributed by atoms with Crippen molar-refractivity contribution in [3.8, 4) is 0 Å². The van der Waals surface area contributed by atoms with Gasteiger partial charge in [-0.05, 0) is 63.7 Å². The number of likely N-dealkylation sites (tertiary alicyclic amines) is 1. The van der Waals surface area contributed by atoms with Crippen LogP contribution in [0.15, 0.2) is 12.3 Å². The van der Waals surface area contributed by atoms with E-state index < -0.39 is 0 Å². The van der Waals surface area contributed by atoms with Crippen molar-refractivity contribution in [2.75, 3.05) is 62.7 Å². The molecule has 0 bridgehead atoms. The second-order valence-corrected chi connectivity index (χ2v) is 8.16. The Morgan fingerprint density at radius 2 is 2.07 bits per heavy atom. The fraction of sp³-hybridized carbons (Fsp3) is 0.667. The van der Waals surface area contributed by atoms with E-state index >= 15 is 0 Å². The first-order chi connectivity index (χ1) is 14.2. The Kier molecular flexibility index (Phi) is 6.61. The first-order valence-electron chi connectivity index (χ1n) is 10.8. The molecule has 3 aliphatic heterocycles. The molecule has 158 valence electrons. The number of nitrogens with one attached hydrogen (secondary N) is 2. The molecule has 2 saturated heterocycles. The van der Waals surface area contributed by atoms with Crippen LogP contribution in [0.25, 0.3) is 0 Å². The summed E-state index contributed by atoms with van der Waals surface area (Å²) in [6.07, 6.45) is 7.01. The van der Waals surface area contributed by atoms with E-state index in [1.54, 1.807) is 17.2 Å². The monoisotopic (exact) mass is 401 g/mol. The quantitative estimate of drug-likeness (QED) is 0.673. The minimum Gasteiger partial charge on any atom is -0.381 e. The molecule has 2 fully saturated rings. The van der Waals surface area contributed by atoms with Crippen LogP contribution in [0, 0.1) is 5.92 Å². The molecule has 3 aliphatic rings. The summed E-state index contributed by atoms with van der Waals surface area (Å²) in [6.45, 7) is 6.41. The Labute approximate surface area is 172 Å². The van der Waals surface area contributed by atoms with Gasteiger partial charge in [0.2, 0.25) is 5.91 Å². The van der Waals surface area contributed by atoms with Crippen molar-refractivity contribution in [1.82, 2.24) is 15.2 Å². The van der Waals surface area contributed by atoms with Gasteiger partial charge in [-0.1, -0.05) is 0 Å². The summed E-state index contributed by atoms with van der Waals surface area (Å²) >= 11 is 0. The molecule has 0 saturated carbocycles. The Morgan fingerprint density at radius 1 is 1.28 bits per heavy atom. The first kappa shape index (κ1) is 20.1. The zero-order chi connectivity index (χ0) is 20.1. The third-order valence-corrected chi connectivity index (χ3v) is 6.05. The molecule has 1 aromatic rings. The number of amides is 2. The lowest BCUT2D eigenvalue weighted by atomic mass is 9.99. The van der Waals surface area contributed by atoms with Gasteiger partial charge in [-0.25, -0.2) is 4.98 Å². The predicted octanol–water partition coefficient (Wildman–Crippen LogP) is 1.48. The van der Waals surface area contributed by atoms with Gasteiger partial charge in [0.25, 0.3) is 5.91 Å². The van der Waals surface area contributed by atoms with Crippen LogP contribution in [0.4, 0.5) is 11.5 Å². The highest BCUT2D eigenvalue weighted by molar-refractivity contribution is 6.04. The SMILES string of the molecule is O=C(NCCCN1CCCC1)c1cnc2c(c1)N(CC1CCOCC1)C(=O)CN2. The maximum Gasteiger partial charge on any atom is 0.252 e. The number of carbonyl (C=O) groups is 2. The lowest BCUT2D eigenvalue weighted by molar-refractivity contribution is -0.117. The van der Waals surface area contributed by atoms with Crippen molar-refractivity contribution >= 4 is 23.3 Å². The van der Waals surface area contributed by atoms with Crippen LogP contribution >= 0.6 is 0 Å². The summed E-state index contributed by atoms with van der Waals surface area (Å²) in [5.41, 5.74) is 1.20. The van der Waals surface area contributed by atoms with E-state index in [1.165, 1.54) is 25.9 Å². The number of pyridine rings is 1. The standard InChI is InChI=1S/C21H31N5O3/c27-19-14-24-20-18(26(19)15-16-4-10-29-11-5-16)12-17(13-23-20)21(28)22-6-3-9-25-7-1-2-8-25/h12-13,16H,1-11,14-15H2,(H,22,28)(H,23,24). The molecular formula is C21H31N5O3. The van der Waals surface area contributed by atoms with Crippen molar-refractivity contribution in [2.45, 2.75) is 32.1 Å². The lowest BCUT2D eigenvalue weighted by Gasteiger charge is -2.33. The highest BCUT2D eigenvalue weighted by Crippen LogP contribution is 2.30. The van der Waals surface area contributed by atoms with E-state index in [4.69, 9.17) is 4.74 Å². The number of carbonyl (C=O) groups excluding carboxylic acids is 2. The van der Waals surface area contributed by atoms with E-state index in [0.29, 0.717) is 36.1 Å². The highest BCUT2D eigenvalue weighted by Gasteiger charge is 2.29. The van der Waals surface area contributed by atoms with E-state index in [0.717, 1.165) is 39.0 Å². The van der Waals surface area contributed by atoms with Crippen LogP contribution in [0.1, 0.15) is 42.5 Å². The van der Waals surface area contributed by atoms with Gasteiger partial charge in [-0.2, -0.15) is 0 Å². The van der Waals surface area contributed by atoms with Gasteiger partial charge < -0.3 is 25.2 Å². The molecule has 4 rings (SSSR count). The largest absolute Gasteiger partial charge is 0.381 e. The predicted molar refractivity (Wildman–Crippen MR) is 111 cm³/mol. The normalized spacial score (nSPS) is 20.4. The van der Waals surface area contributed by atoms with Crippen LogP contribution < -0.4 is 15.5 Å². The molecule has 0 radical (unpaired) electrons. The average Bonchev–Trinajstić information content (AvgIpc) is 3.27. The van der Waals surface area contributed by atoms with Gasteiger partial charge >= 0.3 is 0 Å². The molecule has 0 spiro atoms. The van der Waals surface area contributed by atoms with Gasteiger partial charge in [-0.3, -0.25) is 9.59 Å². The molecule has 0 unspecified atom stereocenters. The Hall–Kier alpha value is -2.19. The van der Waals surface area contributed by atoms with Crippen molar-refractivity contribution in [1.29, 1.82) is 0 Å². The van der Waals surface area contributed by atoms with Crippen molar-refractivity contribution in [3.63, 3.8) is 0 Å². The number of hydrogen-bond acceptors (Lipinski definition) is 6. The van der Waals surface area contributed by atoms with Gasteiger partial charge in [-0.15, -0.1) is 0 Å². The number of rotatable bonds is 7. The lowest BCUT2D eigenvalue weighted by Crippen LogP contribution is -2.44. The zero-order valence-corrected chi connectivity index (χ0v) is 17.0.